The minimum absolute atomic E-state index is 0.100. The molecule has 0 saturated heterocycles. The van der Waals surface area contributed by atoms with Crippen LogP contribution in [-0.4, -0.2) is 22.7 Å². The number of nitrogens with one attached hydrogen (secondary N) is 1. The van der Waals surface area contributed by atoms with Gasteiger partial charge in [-0.3, -0.25) is 10.1 Å². The van der Waals surface area contributed by atoms with Crippen molar-refractivity contribution in [3.05, 3.63) is 27.1 Å². The monoisotopic (exact) mass is 272 g/mol. The first-order valence-electron chi connectivity index (χ1n) is 5.90. The average Bonchev–Trinajstić information content (AvgIpc) is 2.63. The van der Waals surface area contributed by atoms with Gasteiger partial charge in [-0.25, -0.2) is 0 Å². The Morgan fingerprint density at radius 1 is 1.50 bits per heavy atom. The normalized spacial score (nSPS) is 13.6. The highest BCUT2D eigenvalue weighted by Gasteiger charge is 2.16. The lowest BCUT2D eigenvalue weighted by atomic mass is 9.89. The summed E-state index contributed by atoms with van der Waals surface area (Å²) >= 11 is 1.16. The van der Waals surface area contributed by atoms with Gasteiger partial charge in [0.05, 0.1) is 11.0 Å². The Hall–Kier alpha value is -0.980. The Kier molecular flexibility index (Phi) is 5.25. The van der Waals surface area contributed by atoms with Gasteiger partial charge < -0.3 is 10.4 Å². The minimum Gasteiger partial charge on any atom is -0.392 e. The first-order chi connectivity index (χ1) is 8.28. The molecule has 0 fully saturated rings. The van der Waals surface area contributed by atoms with E-state index in [-0.39, 0.29) is 21.4 Å². The van der Waals surface area contributed by atoms with Gasteiger partial charge >= 0.3 is 5.00 Å². The van der Waals surface area contributed by atoms with Gasteiger partial charge in [0.2, 0.25) is 0 Å². The molecule has 0 aliphatic rings. The van der Waals surface area contributed by atoms with Gasteiger partial charge in [0.25, 0.3) is 0 Å². The van der Waals surface area contributed by atoms with E-state index >= 15 is 0 Å². The zero-order valence-electron chi connectivity index (χ0n) is 11.0. The molecule has 6 heteroatoms. The molecule has 0 spiro atoms. The highest BCUT2D eigenvalue weighted by molar-refractivity contribution is 7.15. The smallest absolute Gasteiger partial charge is 0.324 e. The SMILES string of the molecule is CC(C)(C)CC(O)CNCc1ccc([N+](=O)[O-])s1. The number of hydrogen-bond donors (Lipinski definition) is 2. The molecule has 2 N–H and O–H groups in total. The van der Waals surface area contributed by atoms with Gasteiger partial charge in [0, 0.05) is 24.0 Å². The standard InChI is InChI=1S/C12H20N2O3S/c1-12(2,3)6-9(15)7-13-8-10-4-5-11(18-10)14(16)17/h4-5,9,13,15H,6-8H2,1-3H3. The highest BCUT2D eigenvalue weighted by Crippen LogP contribution is 2.24. The Morgan fingerprint density at radius 2 is 2.17 bits per heavy atom. The number of aliphatic hydroxyl groups excluding tert-OH is 1. The van der Waals surface area contributed by atoms with Crippen LogP contribution in [0.2, 0.25) is 0 Å². The molecule has 1 aromatic heterocycles. The average molecular weight is 272 g/mol. The lowest BCUT2D eigenvalue weighted by molar-refractivity contribution is -0.380. The third kappa shape index (κ3) is 5.57. The molecule has 1 aromatic rings. The van der Waals surface area contributed by atoms with Crippen molar-refractivity contribution in [1.29, 1.82) is 0 Å². The van der Waals surface area contributed by atoms with Gasteiger partial charge in [-0.2, -0.15) is 0 Å². The lowest BCUT2D eigenvalue weighted by Gasteiger charge is -2.22. The van der Waals surface area contributed by atoms with Crippen molar-refractivity contribution >= 4 is 16.3 Å². The van der Waals surface area contributed by atoms with E-state index in [0.29, 0.717) is 13.1 Å². The van der Waals surface area contributed by atoms with E-state index in [1.54, 1.807) is 6.07 Å². The van der Waals surface area contributed by atoms with Crippen LogP contribution in [0.3, 0.4) is 0 Å². The van der Waals surface area contributed by atoms with Crippen LogP contribution < -0.4 is 5.32 Å². The molecular formula is C12H20N2O3S. The van der Waals surface area contributed by atoms with Gasteiger partial charge in [0.15, 0.2) is 0 Å². The molecule has 1 unspecified atom stereocenters. The van der Waals surface area contributed by atoms with E-state index < -0.39 is 0 Å². The Bertz CT molecular complexity index is 398. The van der Waals surface area contributed by atoms with Gasteiger partial charge in [-0.15, -0.1) is 0 Å². The summed E-state index contributed by atoms with van der Waals surface area (Å²) in [6, 6.07) is 3.25. The summed E-state index contributed by atoms with van der Waals surface area (Å²) in [6.07, 6.45) is 0.338. The summed E-state index contributed by atoms with van der Waals surface area (Å²) in [5, 5.41) is 23.6. The van der Waals surface area contributed by atoms with Crippen LogP contribution in [0.5, 0.6) is 0 Å². The van der Waals surface area contributed by atoms with Crippen molar-refractivity contribution < 1.29 is 10.0 Å². The summed E-state index contributed by atoms with van der Waals surface area (Å²) in [5.74, 6) is 0. The Balaban J connectivity index is 2.31. The second-order valence-electron chi connectivity index (χ2n) is 5.55. The molecule has 1 atom stereocenters. The molecule has 102 valence electrons. The van der Waals surface area contributed by atoms with E-state index in [9.17, 15) is 15.2 Å². The molecule has 1 rings (SSSR count). The number of aliphatic hydroxyl groups is 1. The molecule has 5 nitrogen and oxygen atoms in total. The van der Waals surface area contributed by atoms with Gasteiger partial charge in [0.1, 0.15) is 0 Å². The largest absolute Gasteiger partial charge is 0.392 e. The van der Waals surface area contributed by atoms with E-state index in [1.165, 1.54) is 6.07 Å². The molecule has 0 radical (unpaired) electrons. The second kappa shape index (κ2) is 6.26. The maximum atomic E-state index is 10.5. The van der Waals surface area contributed by atoms with Crippen LogP contribution in [-0.2, 0) is 6.54 Å². The molecule has 0 saturated carbocycles. The zero-order valence-corrected chi connectivity index (χ0v) is 11.8. The van der Waals surface area contributed by atoms with Crippen molar-refractivity contribution in [3.63, 3.8) is 0 Å². The molecule has 0 amide bonds. The number of nitrogens with zero attached hydrogens (tertiary/aromatic N) is 1. The van der Waals surface area contributed by atoms with Crippen molar-refractivity contribution in [2.45, 2.75) is 39.8 Å². The number of thiophene rings is 1. The highest BCUT2D eigenvalue weighted by atomic mass is 32.1. The third-order valence-electron chi connectivity index (χ3n) is 2.35. The Labute approximate surface area is 111 Å². The zero-order chi connectivity index (χ0) is 13.8. The number of rotatable bonds is 6. The van der Waals surface area contributed by atoms with Crippen molar-refractivity contribution in [2.24, 2.45) is 5.41 Å². The van der Waals surface area contributed by atoms with Crippen LogP contribution >= 0.6 is 11.3 Å². The summed E-state index contributed by atoms with van der Waals surface area (Å²) in [5.41, 5.74) is 0.100. The van der Waals surface area contributed by atoms with Crippen LogP contribution in [0.15, 0.2) is 12.1 Å². The molecular weight excluding hydrogens is 252 g/mol. The van der Waals surface area contributed by atoms with Crippen LogP contribution in [0.4, 0.5) is 5.00 Å². The van der Waals surface area contributed by atoms with Gasteiger partial charge in [-0.1, -0.05) is 32.1 Å². The lowest BCUT2D eigenvalue weighted by Crippen LogP contribution is -2.29. The summed E-state index contributed by atoms with van der Waals surface area (Å²) in [7, 11) is 0. The van der Waals surface area contributed by atoms with Crippen molar-refractivity contribution in [3.8, 4) is 0 Å². The maximum Gasteiger partial charge on any atom is 0.324 e. The van der Waals surface area contributed by atoms with E-state index in [4.69, 9.17) is 0 Å². The fourth-order valence-corrected chi connectivity index (χ4v) is 2.49. The maximum absolute atomic E-state index is 10.5. The quantitative estimate of drug-likeness (QED) is 0.616. The van der Waals surface area contributed by atoms with Crippen LogP contribution in [0, 0.1) is 15.5 Å². The van der Waals surface area contributed by atoms with E-state index in [1.807, 2.05) is 0 Å². The predicted molar refractivity (Wildman–Crippen MR) is 72.8 cm³/mol. The number of hydrogen-bond acceptors (Lipinski definition) is 5. The molecule has 0 bridgehead atoms. The van der Waals surface area contributed by atoms with Crippen LogP contribution in [0.25, 0.3) is 0 Å². The van der Waals surface area contributed by atoms with Crippen molar-refractivity contribution in [1.82, 2.24) is 5.32 Å². The van der Waals surface area contributed by atoms with Gasteiger partial charge in [-0.05, 0) is 17.9 Å². The topological polar surface area (TPSA) is 75.4 Å². The Morgan fingerprint density at radius 3 is 2.67 bits per heavy atom. The minimum atomic E-state index is -0.389. The molecule has 1 heterocycles. The summed E-state index contributed by atoms with van der Waals surface area (Å²) < 4.78 is 0. The summed E-state index contributed by atoms with van der Waals surface area (Å²) in [6.45, 7) is 7.30. The van der Waals surface area contributed by atoms with Crippen molar-refractivity contribution in [2.75, 3.05) is 6.54 Å². The fourth-order valence-electron chi connectivity index (χ4n) is 1.70. The second-order valence-corrected chi connectivity index (χ2v) is 6.69. The molecule has 0 aliphatic carbocycles. The molecule has 18 heavy (non-hydrogen) atoms. The third-order valence-corrected chi connectivity index (χ3v) is 3.39. The number of nitro groups is 1. The summed E-state index contributed by atoms with van der Waals surface area (Å²) in [4.78, 5) is 11.0. The molecule has 0 aromatic carbocycles. The van der Waals surface area contributed by atoms with E-state index in [0.717, 1.165) is 22.6 Å². The van der Waals surface area contributed by atoms with Crippen LogP contribution in [0.1, 0.15) is 32.1 Å². The van der Waals surface area contributed by atoms with E-state index in [2.05, 4.69) is 26.1 Å². The fraction of sp³-hybridized carbons (Fsp3) is 0.667. The predicted octanol–water partition coefficient (Wildman–Crippen LogP) is 2.54. The first-order valence-corrected chi connectivity index (χ1v) is 6.71. The molecule has 0 aliphatic heterocycles. The first kappa shape index (κ1) is 15.1.